The maximum Gasteiger partial charge on any atom is 0.243 e. The molecule has 2 aromatic carbocycles. The van der Waals surface area contributed by atoms with Crippen molar-refractivity contribution >= 4 is 39.3 Å². The summed E-state index contributed by atoms with van der Waals surface area (Å²) in [5.41, 5.74) is 8.04. The number of ether oxygens (including phenoxy) is 1. The molecule has 2 saturated heterocycles. The predicted molar refractivity (Wildman–Crippen MR) is 158 cm³/mol. The maximum absolute atomic E-state index is 13.8. The molecule has 13 heteroatoms. The maximum atomic E-state index is 13.8. The fourth-order valence-corrected chi connectivity index (χ4v) is 6.84. The molecule has 4 rings (SSSR count). The second-order valence-electron chi connectivity index (χ2n) is 10.6. The largest absolute Gasteiger partial charge is 0.378 e. The zero-order valence-corrected chi connectivity index (χ0v) is 25.2. The van der Waals surface area contributed by atoms with Gasteiger partial charge in [-0.25, -0.2) is 13.1 Å². The Bertz CT molecular complexity index is 1370. The summed E-state index contributed by atoms with van der Waals surface area (Å²) in [5, 5.41) is 3.39. The number of sulfonamides is 1. The summed E-state index contributed by atoms with van der Waals surface area (Å²) in [5.74, 6) is -2.31. The fourth-order valence-electron chi connectivity index (χ4n) is 5.20. The van der Waals surface area contributed by atoms with Crippen LogP contribution in [0, 0.1) is 5.92 Å². The standard InChI is InChI=1S/C29H38ClN5O6S/c1-20(33-42(39,40)19-21-5-3-2-4-6-21)25(16-27(36)34-11-13-41-14-12-34)29(38)35-10-9-26(35)28(37)32-18-23-15-24(30)8-7-22(23)17-31/h2-8,15,20,25-26,33H,9-14,16-19,31H2,1H3,(H,32,37). The Morgan fingerprint density at radius 1 is 1.07 bits per heavy atom. The lowest BCUT2D eigenvalue weighted by Gasteiger charge is -2.42. The van der Waals surface area contributed by atoms with Crippen LogP contribution in [0.1, 0.15) is 36.5 Å². The summed E-state index contributed by atoms with van der Waals surface area (Å²) in [6.07, 6.45) is 0.260. The van der Waals surface area contributed by atoms with Gasteiger partial charge < -0.3 is 25.6 Å². The van der Waals surface area contributed by atoms with Crippen molar-refractivity contribution in [2.45, 2.75) is 50.7 Å². The molecule has 4 N–H and O–H groups in total. The molecule has 0 saturated carbocycles. The number of morpholine rings is 1. The molecule has 2 fully saturated rings. The number of likely N-dealkylation sites (tertiary alicyclic amines) is 1. The summed E-state index contributed by atoms with van der Waals surface area (Å²) in [7, 11) is -3.83. The predicted octanol–water partition coefficient (Wildman–Crippen LogP) is 1.39. The van der Waals surface area contributed by atoms with Crippen LogP contribution in [-0.4, -0.2) is 80.9 Å². The molecule has 0 radical (unpaired) electrons. The number of amides is 3. The highest BCUT2D eigenvalue weighted by Crippen LogP contribution is 2.25. The van der Waals surface area contributed by atoms with Crippen LogP contribution in [0.2, 0.25) is 5.02 Å². The highest BCUT2D eigenvalue weighted by atomic mass is 35.5. The van der Waals surface area contributed by atoms with Crippen molar-refractivity contribution in [1.82, 2.24) is 19.8 Å². The van der Waals surface area contributed by atoms with E-state index in [2.05, 4.69) is 10.0 Å². The lowest BCUT2D eigenvalue weighted by molar-refractivity contribution is -0.153. The normalized spacial score (nSPS) is 18.6. The Hall–Kier alpha value is -3.03. The molecule has 11 nitrogen and oxygen atoms in total. The monoisotopic (exact) mass is 619 g/mol. The third-order valence-electron chi connectivity index (χ3n) is 7.69. The van der Waals surface area contributed by atoms with Gasteiger partial charge in [-0.1, -0.05) is 48.0 Å². The average Bonchev–Trinajstić information content (AvgIpc) is 2.94. The molecule has 2 aliphatic heterocycles. The molecule has 2 aromatic rings. The first kappa shape index (κ1) is 31.9. The minimum atomic E-state index is -3.83. The van der Waals surface area contributed by atoms with Gasteiger partial charge in [0, 0.05) is 50.2 Å². The number of rotatable bonds is 12. The van der Waals surface area contributed by atoms with E-state index in [9.17, 15) is 22.8 Å². The Morgan fingerprint density at radius 3 is 2.43 bits per heavy atom. The van der Waals surface area contributed by atoms with Gasteiger partial charge in [0.1, 0.15) is 6.04 Å². The van der Waals surface area contributed by atoms with E-state index in [4.69, 9.17) is 22.1 Å². The number of nitrogens with two attached hydrogens (primary N) is 1. The van der Waals surface area contributed by atoms with Crippen molar-refractivity contribution in [2.75, 3.05) is 32.8 Å². The topological polar surface area (TPSA) is 151 Å². The van der Waals surface area contributed by atoms with Crippen LogP contribution in [0.5, 0.6) is 0 Å². The van der Waals surface area contributed by atoms with Gasteiger partial charge in [-0.3, -0.25) is 14.4 Å². The van der Waals surface area contributed by atoms with Gasteiger partial charge in [0.15, 0.2) is 0 Å². The first-order valence-electron chi connectivity index (χ1n) is 14.0. The van der Waals surface area contributed by atoms with Crippen molar-refractivity contribution in [1.29, 1.82) is 0 Å². The van der Waals surface area contributed by atoms with E-state index in [-0.39, 0.29) is 37.1 Å². The first-order chi connectivity index (χ1) is 20.1. The van der Waals surface area contributed by atoms with Crippen LogP contribution < -0.4 is 15.8 Å². The van der Waals surface area contributed by atoms with Gasteiger partial charge in [-0.15, -0.1) is 0 Å². The molecular formula is C29H38ClN5O6S. The van der Waals surface area contributed by atoms with E-state index in [0.717, 1.165) is 11.1 Å². The molecule has 2 heterocycles. The van der Waals surface area contributed by atoms with Crippen LogP contribution in [0.15, 0.2) is 48.5 Å². The quantitative estimate of drug-likeness (QED) is 0.325. The zero-order valence-electron chi connectivity index (χ0n) is 23.6. The molecule has 228 valence electrons. The van der Waals surface area contributed by atoms with Crippen molar-refractivity contribution in [3.8, 4) is 0 Å². The van der Waals surface area contributed by atoms with Crippen molar-refractivity contribution in [3.63, 3.8) is 0 Å². The fraction of sp³-hybridized carbons (Fsp3) is 0.483. The Balaban J connectivity index is 1.46. The van der Waals surface area contributed by atoms with Gasteiger partial charge in [-0.05, 0) is 42.2 Å². The summed E-state index contributed by atoms with van der Waals surface area (Å²) >= 11 is 6.11. The summed E-state index contributed by atoms with van der Waals surface area (Å²) in [4.78, 5) is 43.2. The lowest BCUT2D eigenvalue weighted by Crippen LogP contribution is -2.61. The summed E-state index contributed by atoms with van der Waals surface area (Å²) in [6.45, 7) is 3.99. The highest BCUT2D eigenvalue weighted by Gasteiger charge is 2.43. The Kier molecular flexibility index (Phi) is 11.0. The third-order valence-corrected chi connectivity index (χ3v) is 9.37. The molecule has 3 atom stereocenters. The van der Waals surface area contributed by atoms with Crippen molar-refractivity contribution in [2.24, 2.45) is 11.7 Å². The lowest BCUT2D eigenvalue weighted by atomic mass is 9.91. The molecule has 0 aromatic heterocycles. The second-order valence-corrected chi connectivity index (χ2v) is 12.8. The minimum absolute atomic E-state index is 0.193. The van der Waals surface area contributed by atoms with Gasteiger partial charge in [0.05, 0.1) is 24.9 Å². The number of nitrogens with zero attached hydrogens (tertiary/aromatic N) is 2. The Labute approximate surface area is 251 Å². The molecular weight excluding hydrogens is 582 g/mol. The smallest absolute Gasteiger partial charge is 0.243 e. The molecule has 3 amide bonds. The number of hydrogen-bond acceptors (Lipinski definition) is 7. The highest BCUT2D eigenvalue weighted by molar-refractivity contribution is 7.88. The summed E-state index contributed by atoms with van der Waals surface area (Å²) in [6, 6.07) is 12.4. The molecule has 2 aliphatic rings. The number of hydrogen-bond donors (Lipinski definition) is 3. The van der Waals surface area contributed by atoms with Crippen LogP contribution in [0.25, 0.3) is 0 Å². The van der Waals surface area contributed by atoms with Crippen LogP contribution >= 0.6 is 11.6 Å². The number of halogens is 1. The van der Waals surface area contributed by atoms with Crippen LogP contribution in [0.4, 0.5) is 0 Å². The van der Waals surface area contributed by atoms with Crippen molar-refractivity contribution in [3.05, 3.63) is 70.2 Å². The average molecular weight is 620 g/mol. The van der Waals surface area contributed by atoms with E-state index in [1.807, 2.05) is 0 Å². The van der Waals surface area contributed by atoms with Gasteiger partial charge in [0.2, 0.25) is 27.7 Å². The SMILES string of the molecule is CC(NS(=O)(=O)Cc1ccccc1)C(CC(=O)N1CCOCC1)C(=O)N1CCC1C(=O)NCc1cc(Cl)ccc1CN. The van der Waals surface area contributed by atoms with E-state index < -0.39 is 33.9 Å². The number of benzene rings is 2. The zero-order chi connectivity index (χ0) is 30.3. The van der Waals surface area contributed by atoms with E-state index in [1.54, 1.807) is 60.4 Å². The molecule has 0 aliphatic carbocycles. The Morgan fingerprint density at radius 2 is 1.79 bits per heavy atom. The van der Waals surface area contributed by atoms with Gasteiger partial charge in [0.25, 0.3) is 0 Å². The first-order valence-corrected chi connectivity index (χ1v) is 16.1. The molecule has 42 heavy (non-hydrogen) atoms. The molecule has 0 spiro atoms. The van der Waals surface area contributed by atoms with Gasteiger partial charge in [-0.2, -0.15) is 0 Å². The van der Waals surface area contributed by atoms with Gasteiger partial charge >= 0.3 is 0 Å². The van der Waals surface area contributed by atoms with E-state index in [1.165, 1.54) is 4.90 Å². The molecule has 3 unspecified atom stereocenters. The number of carbonyl (C=O) groups excluding carboxylic acids is 3. The number of carbonyl (C=O) groups is 3. The summed E-state index contributed by atoms with van der Waals surface area (Å²) < 4.78 is 34.0. The molecule has 0 bridgehead atoms. The van der Waals surface area contributed by atoms with Crippen molar-refractivity contribution < 1.29 is 27.5 Å². The second kappa shape index (κ2) is 14.4. The van der Waals surface area contributed by atoms with Crippen LogP contribution in [0.3, 0.4) is 0 Å². The minimum Gasteiger partial charge on any atom is -0.378 e. The van der Waals surface area contributed by atoms with E-state index in [0.29, 0.717) is 49.9 Å². The van der Waals surface area contributed by atoms with E-state index >= 15 is 0 Å². The van der Waals surface area contributed by atoms with Crippen LogP contribution in [-0.2, 0) is 48.0 Å². The number of nitrogens with one attached hydrogen (secondary N) is 2. The third kappa shape index (κ3) is 8.29.